The van der Waals surface area contributed by atoms with Crippen molar-refractivity contribution < 1.29 is 0 Å². The smallest absolute Gasteiger partial charge is 0.00695 e. The van der Waals surface area contributed by atoms with Gasteiger partial charge in [-0.3, -0.25) is 0 Å². The largest absolute Gasteiger partial charge is 0.392 e. The van der Waals surface area contributed by atoms with Crippen LogP contribution in [0, 0.1) is 11.3 Å². The second-order valence-corrected chi connectivity index (χ2v) is 5.87. The third kappa shape index (κ3) is 6.11. The third-order valence-electron chi connectivity index (χ3n) is 4.12. The normalized spacial score (nSPS) is 15.4. The Morgan fingerprint density at radius 3 is 2.35 bits per heavy atom. The molecule has 0 aromatic heterocycles. The maximum absolute atomic E-state index is 3.94. The quantitative estimate of drug-likeness (QED) is 0.644. The monoisotopic (exact) mass is 240 g/mol. The molecule has 0 aliphatic heterocycles. The van der Waals surface area contributed by atoms with Crippen LogP contribution in [0.4, 0.5) is 0 Å². The van der Waals surface area contributed by atoms with E-state index < -0.39 is 0 Å². The molecule has 0 spiro atoms. The summed E-state index contributed by atoms with van der Waals surface area (Å²) in [6, 6.07) is 0.557. The van der Waals surface area contributed by atoms with Crippen LogP contribution in [0.3, 0.4) is 0 Å². The van der Waals surface area contributed by atoms with Gasteiger partial charge in [0.2, 0.25) is 0 Å². The summed E-state index contributed by atoms with van der Waals surface area (Å²) in [5.41, 5.74) is 1.52. The zero-order chi connectivity index (χ0) is 13.5. The van der Waals surface area contributed by atoms with Crippen LogP contribution in [0.5, 0.6) is 0 Å². The molecule has 2 heteroatoms. The fraction of sp³-hybridized carbons (Fsp3) is 0.867. The Labute approximate surface area is 108 Å². The van der Waals surface area contributed by atoms with Gasteiger partial charge in [0.25, 0.3) is 0 Å². The lowest BCUT2D eigenvalue weighted by molar-refractivity contribution is 0.168. The van der Waals surface area contributed by atoms with Gasteiger partial charge in [-0.2, -0.15) is 0 Å². The summed E-state index contributed by atoms with van der Waals surface area (Å²) in [6.45, 7) is 16.6. The zero-order valence-corrected chi connectivity index (χ0v) is 12.7. The zero-order valence-electron chi connectivity index (χ0n) is 12.7. The second kappa shape index (κ2) is 7.75. The highest BCUT2D eigenvalue weighted by Gasteiger charge is 2.28. The van der Waals surface area contributed by atoms with Crippen molar-refractivity contribution in [1.82, 2.24) is 10.6 Å². The number of nitrogens with one attached hydrogen (secondary N) is 2. The maximum atomic E-state index is 3.94. The predicted octanol–water partition coefficient (Wildman–Crippen LogP) is 3.55. The topological polar surface area (TPSA) is 24.1 Å². The molecule has 0 fully saturated rings. The van der Waals surface area contributed by atoms with Crippen LogP contribution in [0.25, 0.3) is 0 Å². The van der Waals surface area contributed by atoms with Gasteiger partial charge in [0, 0.05) is 25.3 Å². The van der Waals surface area contributed by atoms with E-state index in [1.165, 1.54) is 12.8 Å². The van der Waals surface area contributed by atoms with Crippen molar-refractivity contribution in [2.24, 2.45) is 11.3 Å². The predicted molar refractivity (Wildman–Crippen MR) is 78.1 cm³/mol. The van der Waals surface area contributed by atoms with Crippen LogP contribution in [0.2, 0.25) is 0 Å². The van der Waals surface area contributed by atoms with Gasteiger partial charge >= 0.3 is 0 Å². The molecule has 102 valence electrons. The Hall–Kier alpha value is -0.500. The minimum atomic E-state index is 0.418. The lowest BCUT2D eigenvalue weighted by atomic mass is 9.73. The highest BCUT2D eigenvalue weighted by atomic mass is 14.9. The molecular formula is C15H32N2. The molecule has 2 nitrogen and oxygen atoms in total. The summed E-state index contributed by atoms with van der Waals surface area (Å²) in [5, 5.41) is 6.70. The van der Waals surface area contributed by atoms with E-state index in [4.69, 9.17) is 0 Å². The van der Waals surface area contributed by atoms with E-state index in [1.807, 2.05) is 7.05 Å². The van der Waals surface area contributed by atoms with Crippen molar-refractivity contribution >= 4 is 0 Å². The first-order chi connectivity index (χ1) is 7.85. The van der Waals surface area contributed by atoms with Crippen LogP contribution in [0.1, 0.15) is 53.9 Å². The maximum Gasteiger partial charge on any atom is 0.00695 e. The van der Waals surface area contributed by atoms with E-state index in [-0.39, 0.29) is 0 Å². The summed E-state index contributed by atoms with van der Waals surface area (Å²) in [7, 11) is 1.93. The van der Waals surface area contributed by atoms with Gasteiger partial charge < -0.3 is 10.6 Å². The SMILES string of the molecule is C=C(CCNC(C)C(C)C(C)(C)CCC)NC. The molecule has 0 bridgehead atoms. The lowest BCUT2D eigenvalue weighted by Crippen LogP contribution is -2.40. The van der Waals surface area contributed by atoms with Crippen LogP contribution >= 0.6 is 0 Å². The molecule has 0 saturated carbocycles. The molecule has 0 aliphatic carbocycles. The fourth-order valence-corrected chi connectivity index (χ4v) is 2.30. The van der Waals surface area contributed by atoms with Gasteiger partial charge in [0.1, 0.15) is 0 Å². The molecule has 0 aromatic rings. The average Bonchev–Trinajstić information content (AvgIpc) is 2.27. The molecule has 0 aliphatic rings. The Morgan fingerprint density at radius 2 is 1.88 bits per heavy atom. The highest BCUT2D eigenvalue weighted by Crippen LogP contribution is 2.33. The molecule has 2 atom stereocenters. The molecule has 2 unspecified atom stereocenters. The average molecular weight is 240 g/mol. The molecule has 0 rings (SSSR count). The Kier molecular flexibility index (Phi) is 7.53. The fourth-order valence-electron chi connectivity index (χ4n) is 2.30. The first-order valence-corrected chi connectivity index (χ1v) is 6.94. The second-order valence-electron chi connectivity index (χ2n) is 5.87. The van der Waals surface area contributed by atoms with E-state index in [1.54, 1.807) is 0 Å². The van der Waals surface area contributed by atoms with Gasteiger partial charge in [-0.1, -0.05) is 40.7 Å². The molecule has 0 aromatic carbocycles. The standard InChI is InChI=1S/C15H32N2/c1-8-10-15(5,6)13(3)14(4)17-11-9-12(2)16-7/h13-14,16-17H,2,8-11H2,1,3-7H3. The summed E-state index contributed by atoms with van der Waals surface area (Å²) < 4.78 is 0. The minimum Gasteiger partial charge on any atom is -0.392 e. The minimum absolute atomic E-state index is 0.418. The van der Waals surface area contributed by atoms with E-state index in [9.17, 15) is 0 Å². The number of hydrogen-bond acceptors (Lipinski definition) is 2. The van der Waals surface area contributed by atoms with Crippen molar-refractivity contribution in [3.63, 3.8) is 0 Å². The summed E-state index contributed by atoms with van der Waals surface area (Å²) in [5.74, 6) is 0.685. The van der Waals surface area contributed by atoms with Gasteiger partial charge in [-0.15, -0.1) is 0 Å². The van der Waals surface area contributed by atoms with Crippen molar-refractivity contribution in [3.05, 3.63) is 12.3 Å². The van der Waals surface area contributed by atoms with Crippen LogP contribution in [0.15, 0.2) is 12.3 Å². The Balaban J connectivity index is 4.04. The van der Waals surface area contributed by atoms with Crippen molar-refractivity contribution in [1.29, 1.82) is 0 Å². The van der Waals surface area contributed by atoms with Crippen molar-refractivity contribution in [2.45, 2.75) is 59.9 Å². The van der Waals surface area contributed by atoms with E-state index in [0.29, 0.717) is 17.4 Å². The van der Waals surface area contributed by atoms with Gasteiger partial charge in [-0.05, 0) is 31.1 Å². The first-order valence-electron chi connectivity index (χ1n) is 6.94. The number of rotatable bonds is 9. The van der Waals surface area contributed by atoms with E-state index >= 15 is 0 Å². The summed E-state index contributed by atoms with van der Waals surface area (Å²) >= 11 is 0. The molecule has 0 radical (unpaired) electrons. The molecule has 0 heterocycles. The summed E-state index contributed by atoms with van der Waals surface area (Å²) in [6.07, 6.45) is 3.56. The van der Waals surface area contributed by atoms with Crippen LogP contribution < -0.4 is 10.6 Å². The molecule has 0 saturated heterocycles. The lowest BCUT2D eigenvalue weighted by Gasteiger charge is -2.36. The molecule has 17 heavy (non-hydrogen) atoms. The van der Waals surface area contributed by atoms with Crippen LogP contribution in [-0.4, -0.2) is 19.6 Å². The third-order valence-corrected chi connectivity index (χ3v) is 4.12. The number of hydrogen-bond donors (Lipinski definition) is 2. The van der Waals surface area contributed by atoms with E-state index in [2.05, 4.69) is 51.8 Å². The van der Waals surface area contributed by atoms with Gasteiger partial charge in [0.15, 0.2) is 0 Å². The van der Waals surface area contributed by atoms with Gasteiger partial charge in [0.05, 0.1) is 0 Å². The molecular weight excluding hydrogens is 208 g/mol. The molecule has 2 N–H and O–H groups in total. The van der Waals surface area contributed by atoms with Crippen molar-refractivity contribution in [2.75, 3.05) is 13.6 Å². The first kappa shape index (κ1) is 16.5. The molecule has 0 amide bonds. The summed E-state index contributed by atoms with van der Waals surface area (Å²) in [4.78, 5) is 0. The van der Waals surface area contributed by atoms with Crippen molar-refractivity contribution in [3.8, 4) is 0 Å². The Morgan fingerprint density at radius 1 is 1.29 bits per heavy atom. The van der Waals surface area contributed by atoms with Gasteiger partial charge in [-0.25, -0.2) is 0 Å². The Bertz CT molecular complexity index is 221. The van der Waals surface area contributed by atoms with Crippen LogP contribution in [-0.2, 0) is 0 Å². The van der Waals surface area contributed by atoms with E-state index in [0.717, 1.165) is 18.7 Å². The highest BCUT2D eigenvalue weighted by molar-refractivity contribution is 4.90.